The Morgan fingerprint density at radius 3 is 2.61 bits per heavy atom. The standard InChI is InChI=1S/C12H14N2O3S/c13-9-10-5-1-4-8-12(10)18(15,16)14-17-11-6-2-3-7-11/h1,4-5,8,11,14H,2-3,6-7H2. The van der Waals surface area contributed by atoms with Crippen molar-refractivity contribution < 1.29 is 13.3 Å². The molecule has 0 aliphatic heterocycles. The van der Waals surface area contributed by atoms with Crippen molar-refractivity contribution in [2.24, 2.45) is 0 Å². The topological polar surface area (TPSA) is 79.2 Å². The fourth-order valence-corrected chi connectivity index (χ4v) is 2.99. The quantitative estimate of drug-likeness (QED) is 0.841. The van der Waals surface area contributed by atoms with E-state index in [4.69, 9.17) is 10.1 Å². The molecule has 0 atom stereocenters. The molecule has 0 radical (unpaired) electrons. The van der Waals surface area contributed by atoms with Gasteiger partial charge < -0.3 is 0 Å². The number of rotatable bonds is 4. The maximum atomic E-state index is 12.0. The van der Waals surface area contributed by atoms with Crippen molar-refractivity contribution in [2.45, 2.75) is 36.7 Å². The van der Waals surface area contributed by atoms with E-state index in [2.05, 4.69) is 4.89 Å². The first-order chi connectivity index (χ1) is 8.63. The minimum absolute atomic E-state index is 0.0505. The molecule has 5 nitrogen and oxygen atoms in total. The van der Waals surface area contributed by atoms with Gasteiger partial charge in [0.1, 0.15) is 11.0 Å². The Morgan fingerprint density at radius 1 is 1.28 bits per heavy atom. The third kappa shape index (κ3) is 2.88. The van der Waals surface area contributed by atoms with Crippen molar-refractivity contribution in [3.63, 3.8) is 0 Å². The van der Waals surface area contributed by atoms with Crippen molar-refractivity contribution in [3.8, 4) is 6.07 Å². The molecule has 96 valence electrons. The zero-order valence-electron chi connectivity index (χ0n) is 9.80. The number of sulfonamides is 1. The first kappa shape index (κ1) is 13.0. The summed E-state index contributed by atoms with van der Waals surface area (Å²) in [6, 6.07) is 7.90. The van der Waals surface area contributed by atoms with Gasteiger partial charge in [0.15, 0.2) is 0 Å². The van der Waals surface area contributed by atoms with Crippen molar-refractivity contribution >= 4 is 10.0 Å². The molecule has 0 unspecified atom stereocenters. The van der Waals surface area contributed by atoms with E-state index in [0.29, 0.717) is 0 Å². The van der Waals surface area contributed by atoms with Crippen LogP contribution in [-0.2, 0) is 14.9 Å². The van der Waals surface area contributed by atoms with Crippen LogP contribution in [0.1, 0.15) is 31.2 Å². The van der Waals surface area contributed by atoms with Gasteiger partial charge in [-0.05, 0) is 25.0 Å². The number of nitrogens with one attached hydrogen (secondary N) is 1. The van der Waals surface area contributed by atoms with Crippen molar-refractivity contribution in [2.75, 3.05) is 0 Å². The molecule has 1 saturated carbocycles. The molecule has 0 saturated heterocycles. The van der Waals surface area contributed by atoms with E-state index in [9.17, 15) is 8.42 Å². The van der Waals surface area contributed by atoms with Crippen LogP contribution in [0.5, 0.6) is 0 Å². The van der Waals surface area contributed by atoms with E-state index in [1.54, 1.807) is 12.1 Å². The Balaban J connectivity index is 2.12. The van der Waals surface area contributed by atoms with Gasteiger partial charge in [0.2, 0.25) is 0 Å². The molecule has 18 heavy (non-hydrogen) atoms. The highest BCUT2D eigenvalue weighted by atomic mass is 32.2. The first-order valence-corrected chi connectivity index (χ1v) is 7.28. The summed E-state index contributed by atoms with van der Waals surface area (Å²) in [5, 5.41) is 8.88. The maximum absolute atomic E-state index is 12.0. The van der Waals surface area contributed by atoms with E-state index in [-0.39, 0.29) is 16.6 Å². The molecular formula is C12H14N2O3S. The molecule has 1 aliphatic carbocycles. The molecule has 6 heteroatoms. The second kappa shape index (κ2) is 5.48. The lowest BCUT2D eigenvalue weighted by molar-refractivity contribution is 0.0223. The van der Waals surface area contributed by atoms with Gasteiger partial charge in [-0.15, -0.1) is 0 Å². The Kier molecular flexibility index (Phi) is 3.97. The third-order valence-electron chi connectivity index (χ3n) is 2.92. The van der Waals surface area contributed by atoms with E-state index >= 15 is 0 Å². The smallest absolute Gasteiger partial charge is 0.263 e. The van der Waals surface area contributed by atoms with Gasteiger partial charge >= 0.3 is 0 Å². The predicted molar refractivity (Wildman–Crippen MR) is 64.8 cm³/mol. The molecule has 2 rings (SSSR count). The fraction of sp³-hybridized carbons (Fsp3) is 0.417. The van der Waals surface area contributed by atoms with Gasteiger partial charge in [-0.1, -0.05) is 29.9 Å². The molecule has 1 aromatic rings. The summed E-state index contributed by atoms with van der Waals surface area (Å²) in [7, 11) is -3.79. The monoisotopic (exact) mass is 266 g/mol. The summed E-state index contributed by atoms with van der Waals surface area (Å²) >= 11 is 0. The van der Waals surface area contributed by atoms with E-state index < -0.39 is 10.0 Å². The van der Waals surface area contributed by atoms with E-state index in [1.165, 1.54) is 12.1 Å². The second-order valence-corrected chi connectivity index (χ2v) is 5.83. The zero-order chi connectivity index (χ0) is 13.0. The van der Waals surface area contributed by atoms with Crippen molar-refractivity contribution in [1.82, 2.24) is 4.89 Å². The average molecular weight is 266 g/mol. The van der Waals surface area contributed by atoms with Gasteiger partial charge in [-0.25, -0.2) is 8.42 Å². The molecule has 1 N–H and O–H groups in total. The Labute approximate surface area is 106 Å². The highest BCUT2D eigenvalue weighted by molar-refractivity contribution is 7.89. The maximum Gasteiger partial charge on any atom is 0.263 e. The van der Waals surface area contributed by atoms with Gasteiger partial charge in [0.25, 0.3) is 10.0 Å². The van der Waals surface area contributed by atoms with Crippen LogP contribution in [0.25, 0.3) is 0 Å². The van der Waals surface area contributed by atoms with Gasteiger partial charge in [0.05, 0.1) is 11.7 Å². The van der Waals surface area contributed by atoms with Gasteiger partial charge in [-0.3, -0.25) is 4.84 Å². The number of nitriles is 1. The zero-order valence-corrected chi connectivity index (χ0v) is 10.6. The van der Waals surface area contributed by atoms with Crippen LogP contribution in [-0.4, -0.2) is 14.5 Å². The summed E-state index contributed by atoms with van der Waals surface area (Å²) in [6.45, 7) is 0. The summed E-state index contributed by atoms with van der Waals surface area (Å²) in [5.74, 6) is 0. The average Bonchev–Trinajstić information content (AvgIpc) is 2.89. The molecular weight excluding hydrogens is 252 g/mol. The predicted octanol–water partition coefficient (Wildman–Crippen LogP) is 1.71. The lowest BCUT2D eigenvalue weighted by Gasteiger charge is -2.12. The van der Waals surface area contributed by atoms with Crippen LogP contribution < -0.4 is 4.89 Å². The van der Waals surface area contributed by atoms with Gasteiger partial charge in [-0.2, -0.15) is 5.26 Å². The first-order valence-electron chi connectivity index (χ1n) is 5.80. The van der Waals surface area contributed by atoms with Crippen molar-refractivity contribution in [3.05, 3.63) is 29.8 Å². The number of hydrogen-bond donors (Lipinski definition) is 1. The number of hydrogen-bond acceptors (Lipinski definition) is 4. The molecule has 1 aliphatic rings. The minimum atomic E-state index is -3.79. The highest BCUT2D eigenvalue weighted by Gasteiger charge is 2.22. The lowest BCUT2D eigenvalue weighted by atomic mass is 10.2. The molecule has 0 bridgehead atoms. The van der Waals surface area contributed by atoms with Crippen LogP contribution in [0.4, 0.5) is 0 Å². The molecule has 1 fully saturated rings. The Hall–Kier alpha value is -1.42. The van der Waals surface area contributed by atoms with Crippen molar-refractivity contribution in [1.29, 1.82) is 5.26 Å². The Bertz CT molecular complexity index is 557. The number of benzene rings is 1. The summed E-state index contributed by atoms with van der Waals surface area (Å²) in [6.07, 6.45) is 3.78. The molecule has 0 aromatic heterocycles. The summed E-state index contributed by atoms with van der Waals surface area (Å²) in [5.41, 5.74) is 0.111. The van der Waals surface area contributed by atoms with Crippen LogP contribution >= 0.6 is 0 Å². The third-order valence-corrected chi connectivity index (χ3v) is 4.17. The van der Waals surface area contributed by atoms with Crippen LogP contribution in [0.3, 0.4) is 0 Å². The molecule has 0 amide bonds. The van der Waals surface area contributed by atoms with Crippen LogP contribution in [0.2, 0.25) is 0 Å². The Morgan fingerprint density at radius 2 is 1.94 bits per heavy atom. The molecule has 0 heterocycles. The number of nitrogens with zero attached hydrogens (tertiary/aromatic N) is 1. The normalized spacial score (nSPS) is 16.6. The minimum Gasteiger partial charge on any atom is -0.284 e. The fourth-order valence-electron chi connectivity index (χ4n) is 1.98. The lowest BCUT2D eigenvalue weighted by Crippen LogP contribution is -2.29. The van der Waals surface area contributed by atoms with E-state index in [0.717, 1.165) is 25.7 Å². The summed E-state index contributed by atoms with van der Waals surface area (Å²) < 4.78 is 24.0. The van der Waals surface area contributed by atoms with E-state index in [1.807, 2.05) is 6.07 Å². The molecule has 1 aromatic carbocycles. The summed E-state index contributed by atoms with van der Waals surface area (Å²) in [4.78, 5) is 7.24. The second-order valence-electron chi connectivity index (χ2n) is 4.22. The SMILES string of the molecule is N#Cc1ccccc1S(=O)(=O)NOC1CCCC1. The molecule has 0 spiro atoms. The van der Waals surface area contributed by atoms with Crippen LogP contribution in [0.15, 0.2) is 29.2 Å². The highest BCUT2D eigenvalue weighted by Crippen LogP contribution is 2.21. The largest absolute Gasteiger partial charge is 0.284 e. The van der Waals surface area contributed by atoms with Gasteiger partial charge in [0, 0.05) is 0 Å². The van der Waals surface area contributed by atoms with Crippen LogP contribution in [0, 0.1) is 11.3 Å².